The molecule has 0 aromatic rings. The van der Waals surface area contributed by atoms with Crippen LogP contribution in [0.5, 0.6) is 0 Å². The SMILES string of the molecule is CO[C@H]1[C@@H](O)[C@H](O[C@H]2CC[C@]3(C)[C@@H]4CC[C@]5(C)[C@H](C6=CC(=O)OC6)CC[C@]5(O)[C@H]4CC[C@@]3(O)C2)O[C@@H](C)[C@H]1O. The van der Waals surface area contributed by atoms with E-state index in [1.807, 2.05) is 0 Å². The highest BCUT2D eigenvalue weighted by atomic mass is 16.7. The predicted molar refractivity (Wildman–Crippen MR) is 139 cm³/mol. The van der Waals surface area contributed by atoms with E-state index in [4.69, 9.17) is 18.9 Å². The molecule has 0 amide bonds. The Bertz CT molecular complexity index is 1020. The largest absolute Gasteiger partial charge is 0.458 e. The summed E-state index contributed by atoms with van der Waals surface area (Å²) in [6.45, 7) is 6.48. The number of cyclic esters (lactones) is 1. The van der Waals surface area contributed by atoms with Crippen LogP contribution >= 0.6 is 0 Å². The molecule has 4 N–H and O–H groups in total. The highest BCUT2D eigenvalue weighted by Crippen LogP contribution is 2.70. The first kappa shape index (κ1) is 28.1. The molecule has 2 heterocycles. The van der Waals surface area contributed by atoms with Gasteiger partial charge in [0.25, 0.3) is 0 Å². The van der Waals surface area contributed by atoms with Gasteiger partial charge in [0.2, 0.25) is 0 Å². The van der Waals surface area contributed by atoms with E-state index in [1.54, 1.807) is 13.0 Å². The first-order valence-corrected chi connectivity index (χ1v) is 14.9. The smallest absolute Gasteiger partial charge is 0.331 e. The van der Waals surface area contributed by atoms with Gasteiger partial charge in [0.1, 0.15) is 24.9 Å². The van der Waals surface area contributed by atoms with Crippen LogP contribution < -0.4 is 0 Å². The lowest BCUT2D eigenvalue weighted by molar-refractivity contribution is -0.321. The number of ether oxygens (including phenoxy) is 4. The Labute approximate surface area is 230 Å². The molecule has 0 radical (unpaired) electrons. The van der Waals surface area contributed by atoms with Crippen LogP contribution in [-0.2, 0) is 23.7 Å². The molecule has 6 rings (SSSR count). The maximum atomic E-state index is 12.4. The number of hydrogen-bond acceptors (Lipinski definition) is 9. The molecular formula is C30H46O9. The zero-order chi connectivity index (χ0) is 28.0. The summed E-state index contributed by atoms with van der Waals surface area (Å²) in [6.07, 6.45) is 3.58. The third-order valence-corrected chi connectivity index (χ3v) is 12.5. The van der Waals surface area contributed by atoms with Crippen molar-refractivity contribution in [3.63, 3.8) is 0 Å². The first-order chi connectivity index (χ1) is 18.4. The van der Waals surface area contributed by atoms with Crippen molar-refractivity contribution in [2.45, 2.75) is 127 Å². The van der Waals surface area contributed by atoms with Gasteiger partial charge < -0.3 is 39.4 Å². The third kappa shape index (κ3) is 3.94. The highest BCUT2D eigenvalue weighted by Gasteiger charge is 2.70. The summed E-state index contributed by atoms with van der Waals surface area (Å²) >= 11 is 0. The average molecular weight is 551 g/mol. The van der Waals surface area contributed by atoms with Gasteiger partial charge in [0.15, 0.2) is 6.29 Å². The van der Waals surface area contributed by atoms with Gasteiger partial charge in [-0.25, -0.2) is 4.79 Å². The molecule has 9 heteroatoms. The predicted octanol–water partition coefficient (Wildman–Crippen LogP) is 2.23. The van der Waals surface area contributed by atoms with E-state index >= 15 is 0 Å². The van der Waals surface area contributed by atoms with Crippen molar-refractivity contribution >= 4 is 5.97 Å². The molecule has 5 fully saturated rings. The highest BCUT2D eigenvalue weighted by molar-refractivity contribution is 5.85. The molecule has 4 aliphatic carbocycles. The molecule has 0 bridgehead atoms. The molecule has 0 spiro atoms. The Balaban J connectivity index is 1.19. The zero-order valence-corrected chi connectivity index (χ0v) is 23.7. The van der Waals surface area contributed by atoms with Gasteiger partial charge in [-0.15, -0.1) is 0 Å². The van der Waals surface area contributed by atoms with Crippen molar-refractivity contribution in [2.24, 2.45) is 28.6 Å². The van der Waals surface area contributed by atoms with Crippen molar-refractivity contribution in [3.8, 4) is 0 Å². The second kappa shape index (κ2) is 9.48. The lowest BCUT2D eigenvalue weighted by Gasteiger charge is -2.66. The normalized spacial score (nSPS) is 55.3. The maximum Gasteiger partial charge on any atom is 0.331 e. The topological polar surface area (TPSA) is 135 Å². The number of methoxy groups -OCH3 is 1. The molecule has 9 nitrogen and oxygen atoms in total. The van der Waals surface area contributed by atoms with Crippen LogP contribution in [0.4, 0.5) is 0 Å². The summed E-state index contributed by atoms with van der Waals surface area (Å²) in [5.74, 6) is 0.151. The summed E-state index contributed by atoms with van der Waals surface area (Å²) in [5.41, 5.74) is -1.43. The Morgan fingerprint density at radius 3 is 2.36 bits per heavy atom. The molecule has 4 saturated carbocycles. The maximum absolute atomic E-state index is 12.4. The first-order valence-electron chi connectivity index (χ1n) is 14.9. The number of aliphatic hydroxyl groups excluding tert-OH is 2. The van der Waals surface area contributed by atoms with E-state index in [1.165, 1.54) is 7.11 Å². The summed E-state index contributed by atoms with van der Waals surface area (Å²) in [5, 5.41) is 45.7. The summed E-state index contributed by atoms with van der Waals surface area (Å²) in [7, 11) is 1.45. The molecule has 1 saturated heterocycles. The Morgan fingerprint density at radius 1 is 0.949 bits per heavy atom. The van der Waals surface area contributed by atoms with Gasteiger partial charge in [0, 0.05) is 25.0 Å². The third-order valence-electron chi connectivity index (χ3n) is 12.5. The van der Waals surface area contributed by atoms with E-state index in [9.17, 15) is 25.2 Å². The van der Waals surface area contributed by atoms with Gasteiger partial charge in [0.05, 0.1) is 23.4 Å². The summed E-state index contributed by atoms with van der Waals surface area (Å²) in [6, 6.07) is 0. The van der Waals surface area contributed by atoms with Gasteiger partial charge in [-0.2, -0.15) is 0 Å². The van der Waals surface area contributed by atoms with Crippen LogP contribution in [0.2, 0.25) is 0 Å². The van der Waals surface area contributed by atoms with E-state index < -0.39 is 41.9 Å². The monoisotopic (exact) mass is 550 g/mol. The second-order valence-electron chi connectivity index (χ2n) is 13.9. The van der Waals surface area contributed by atoms with Crippen LogP contribution in [0.15, 0.2) is 11.6 Å². The van der Waals surface area contributed by atoms with Crippen molar-refractivity contribution in [2.75, 3.05) is 13.7 Å². The molecule has 0 unspecified atom stereocenters. The van der Waals surface area contributed by atoms with Gasteiger partial charge >= 0.3 is 5.97 Å². The van der Waals surface area contributed by atoms with Crippen LogP contribution in [0.1, 0.15) is 78.6 Å². The molecule has 2 aliphatic heterocycles. The molecule has 39 heavy (non-hydrogen) atoms. The van der Waals surface area contributed by atoms with Gasteiger partial charge in [-0.3, -0.25) is 0 Å². The van der Waals surface area contributed by atoms with Crippen molar-refractivity contribution < 1.29 is 44.2 Å². The number of carbonyl (C=O) groups excluding carboxylic acids is 1. The Morgan fingerprint density at radius 2 is 1.67 bits per heavy atom. The molecule has 0 aromatic heterocycles. The minimum absolute atomic E-state index is 0.0934. The van der Waals surface area contributed by atoms with Gasteiger partial charge in [-0.1, -0.05) is 13.8 Å². The minimum Gasteiger partial charge on any atom is -0.458 e. The molecular weight excluding hydrogens is 504 g/mol. The van der Waals surface area contributed by atoms with Crippen LogP contribution in [0, 0.1) is 28.6 Å². The summed E-state index contributed by atoms with van der Waals surface area (Å²) < 4.78 is 22.6. The lowest BCUT2D eigenvalue weighted by atomic mass is 9.42. The van der Waals surface area contributed by atoms with Crippen molar-refractivity contribution in [3.05, 3.63) is 11.6 Å². The average Bonchev–Trinajstić information content (AvgIpc) is 3.43. The van der Waals surface area contributed by atoms with Crippen molar-refractivity contribution in [1.29, 1.82) is 0 Å². The number of rotatable bonds is 4. The summed E-state index contributed by atoms with van der Waals surface area (Å²) in [4.78, 5) is 11.8. The van der Waals surface area contributed by atoms with Crippen LogP contribution in [0.25, 0.3) is 0 Å². The van der Waals surface area contributed by atoms with E-state index in [-0.39, 0.29) is 40.7 Å². The van der Waals surface area contributed by atoms with Crippen LogP contribution in [0.3, 0.4) is 0 Å². The fourth-order valence-electron chi connectivity index (χ4n) is 10.1. The standard InChI is InChI=1S/C30H46O9/c1-16-23(32)25(36-4)24(33)26(38-16)39-18-5-9-27(2)20-6-10-28(3)19(17-13-22(31)37-15-17)8-12-30(28,35)21(20)7-11-29(27,34)14-18/h13,16,18-21,23-26,32-35H,5-12,14-15H2,1-4H3/t16-,18-,19-,20+,21-,23+,24+,25+,26-,27+,28+,29+,30-/m0/s1. The number of carbonyl (C=O) groups is 1. The molecule has 6 aliphatic rings. The second-order valence-corrected chi connectivity index (χ2v) is 13.9. The van der Waals surface area contributed by atoms with Gasteiger partial charge in [-0.05, 0) is 87.0 Å². The number of hydrogen-bond donors (Lipinski definition) is 4. The van der Waals surface area contributed by atoms with E-state index in [0.717, 1.165) is 37.7 Å². The molecule has 13 atom stereocenters. The number of fused-ring (bicyclic) bond motifs is 5. The minimum atomic E-state index is -1.13. The lowest BCUT2D eigenvalue weighted by Crippen LogP contribution is -2.67. The molecule has 0 aromatic carbocycles. The fourth-order valence-corrected chi connectivity index (χ4v) is 10.1. The number of aliphatic hydroxyl groups is 4. The molecule has 220 valence electrons. The van der Waals surface area contributed by atoms with E-state index in [0.29, 0.717) is 32.3 Å². The fraction of sp³-hybridized carbons (Fsp3) is 0.900. The quantitative estimate of drug-likeness (QED) is 0.307. The van der Waals surface area contributed by atoms with Crippen LogP contribution in [-0.4, -0.2) is 88.1 Å². The Kier molecular flexibility index (Phi) is 6.82. The van der Waals surface area contributed by atoms with E-state index in [2.05, 4.69) is 13.8 Å². The zero-order valence-electron chi connectivity index (χ0n) is 23.7. The van der Waals surface area contributed by atoms with Crippen molar-refractivity contribution in [1.82, 2.24) is 0 Å². The number of esters is 1. The Hall–Kier alpha value is -1.07.